The third-order valence-corrected chi connectivity index (χ3v) is 5.32. The number of nitrogens with one attached hydrogen (secondary N) is 1. The predicted octanol–water partition coefficient (Wildman–Crippen LogP) is 4.04. The van der Waals surface area contributed by atoms with E-state index in [1.807, 2.05) is 31.2 Å². The highest BCUT2D eigenvalue weighted by molar-refractivity contribution is 5.56. The van der Waals surface area contributed by atoms with Crippen LogP contribution in [-0.2, 0) is 13.1 Å². The van der Waals surface area contributed by atoms with Crippen LogP contribution >= 0.6 is 0 Å². The second-order valence-electron chi connectivity index (χ2n) is 7.79. The quantitative estimate of drug-likeness (QED) is 0.707. The van der Waals surface area contributed by atoms with E-state index < -0.39 is 0 Å². The molecular weight excluding hydrogens is 348 g/mol. The van der Waals surface area contributed by atoms with E-state index in [1.54, 1.807) is 6.07 Å². The van der Waals surface area contributed by atoms with E-state index >= 15 is 0 Å². The molecule has 5 nitrogen and oxygen atoms in total. The summed E-state index contributed by atoms with van der Waals surface area (Å²) in [6, 6.07) is 16.0. The molecule has 1 aliphatic rings. The lowest BCUT2D eigenvalue weighted by Gasteiger charge is -2.24. The number of hydrogen-bond acceptors (Lipinski definition) is 4. The maximum Gasteiger partial charge on any atom is 0.251 e. The number of aryl methyl sites for hydroxylation is 1. The zero-order valence-electron chi connectivity index (χ0n) is 16.5. The number of hydrogen-bond donors (Lipinski definition) is 1. The molecule has 0 atom stereocenters. The molecule has 144 valence electrons. The molecule has 28 heavy (non-hydrogen) atoms. The van der Waals surface area contributed by atoms with Crippen molar-refractivity contribution in [3.63, 3.8) is 0 Å². The summed E-state index contributed by atoms with van der Waals surface area (Å²) in [6.07, 6.45) is 3.49. The Hall–Kier alpha value is -2.79. The van der Waals surface area contributed by atoms with Gasteiger partial charge in [-0.15, -0.1) is 0 Å². The normalized spacial score (nSPS) is 14.2. The molecule has 0 aliphatic heterocycles. The maximum absolute atomic E-state index is 12.1. The molecule has 4 rings (SSSR count). The Labute approximate surface area is 165 Å². The Bertz CT molecular complexity index is 1020. The van der Waals surface area contributed by atoms with Gasteiger partial charge in [0, 0.05) is 36.3 Å². The lowest BCUT2D eigenvalue weighted by atomic mass is 9.83. The van der Waals surface area contributed by atoms with Crippen LogP contribution < -0.4 is 5.56 Å². The lowest BCUT2D eigenvalue weighted by molar-refractivity contribution is 0.315. The number of H-pyrrole nitrogens is 1. The van der Waals surface area contributed by atoms with Crippen LogP contribution in [0.5, 0.6) is 0 Å². The van der Waals surface area contributed by atoms with Gasteiger partial charge in [0.1, 0.15) is 5.82 Å². The molecule has 0 saturated heterocycles. The average Bonchev–Trinajstić information content (AvgIpc) is 2.60. The van der Waals surface area contributed by atoms with Crippen LogP contribution in [0.3, 0.4) is 0 Å². The smallest absolute Gasteiger partial charge is 0.251 e. The van der Waals surface area contributed by atoms with E-state index in [4.69, 9.17) is 4.98 Å². The van der Waals surface area contributed by atoms with Crippen molar-refractivity contribution in [3.05, 3.63) is 81.5 Å². The van der Waals surface area contributed by atoms with E-state index in [1.165, 1.54) is 12.0 Å². The van der Waals surface area contributed by atoms with Gasteiger partial charge in [0.15, 0.2) is 0 Å². The van der Waals surface area contributed by atoms with Gasteiger partial charge in [-0.1, -0.05) is 30.7 Å². The molecular formula is C23H26N4O. The number of benzene rings is 1. The molecule has 2 heterocycles. The fourth-order valence-electron chi connectivity index (χ4n) is 3.67. The van der Waals surface area contributed by atoms with E-state index in [0.29, 0.717) is 11.7 Å². The average molecular weight is 374 g/mol. The lowest BCUT2D eigenvalue weighted by Crippen LogP contribution is -2.18. The molecule has 2 aromatic heterocycles. The van der Waals surface area contributed by atoms with Crippen LogP contribution in [0.1, 0.15) is 47.8 Å². The molecule has 0 unspecified atom stereocenters. The van der Waals surface area contributed by atoms with Crippen molar-refractivity contribution in [2.45, 2.75) is 45.2 Å². The summed E-state index contributed by atoms with van der Waals surface area (Å²) in [4.78, 5) is 26.6. The summed E-state index contributed by atoms with van der Waals surface area (Å²) in [6.45, 7) is 3.60. The van der Waals surface area contributed by atoms with Crippen LogP contribution in [0.25, 0.3) is 11.4 Å². The Balaban J connectivity index is 1.51. The van der Waals surface area contributed by atoms with Gasteiger partial charge in [0.05, 0.1) is 11.4 Å². The standard InChI is InChI=1S/C23H26N4O/c1-16-6-3-11-20(24-16)15-27(2)14-17-7-4-10-19(12-17)23-25-21(13-22(28)26-23)18-8-5-9-18/h3-4,6-7,10-13,18H,5,8-9,14-15H2,1-2H3,(H,25,26,28). The molecule has 1 fully saturated rings. The molecule has 0 amide bonds. The topological polar surface area (TPSA) is 61.9 Å². The number of nitrogens with zero attached hydrogens (tertiary/aromatic N) is 3. The minimum atomic E-state index is -0.0695. The van der Waals surface area contributed by atoms with Crippen LogP contribution in [0.2, 0.25) is 0 Å². The zero-order valence-corrected chi connectivity index (χ0v) is 16.5. The van der Waals surface area contributed by atoms with Gasteiger partial charge in [-0.2, -0.15) is 0 Å². The fraction of sp³-hybridized carbons (Fsp3) is 0.348. The first-order valence-electron chi connectivity index (χ1n) is 9.88. The largest absolute Gasteiger partial charge is 0.307 e. The first-order valence-corrected chi connectivity index (χ1v) is 9.88. The van der Waals surface area contributed by atoms with E-state index in [2.05, 4.69) is 40.1 Å². The highest BCUT2D eigenvalue weighted by atomic mass is 16.1. The van der Waals surface area contributed by atoms with Gasteiger partial charge in [0.2, 0.25) is 0 Å². The van der Waals surface area contributed by atoms with Crippen LogP contribution in [0.4, 0.5) is 0 Å². The number of aromatic amines is 1. The highest BCUT2D eigenvalue weighted by Crippen LogP contribution is 2.35. The molecule has 0 radical (unpaired) electrons. The molecule has 3 aromatic rings. The summed E-state index contributed by atoms with van der Waals surface area (Å²) >= 11 is 0. The van der Waals surface area contributed by atoms with Crippen LogP contribution in [0.15, 0.2) is 53.3 Å². The summed E-state index contributed by atoms with van der Waals surface area (Å²) in [5.41, 5.74) is 5.10. The van der Waals surface area contributed by atoms with Crippen molar-refractivity contribution >= 4 is 0 Å². The van der Waals surface area contributed by atoms with Crippen molar-refractivity contribution < 1.29 is 0 Å². The molecule has 5 heteroatoms. The number of pyridine rings is 1. The van der Waals surface area contributed by atoms with Gasteiger partial charge in [-0.25, -0.2) is 4.98 Å². The van der Waals surface area contributed by atoms with Crippen LogP contribution in [-0.4, -0.2) is 26.9 Å². The second kappa shape index (κ2) is 8.07. The van der Waals surface area contributed by atoms with E-state index in [9.17, 15) is 4.79 Å². The minimum absolute atomic E-state index is 0.0695. The molecule has 0 spiro atoms. The molecule has 1 aliphatic carbocycles. The van der Waals surface area contributed by atoms with Gasteiger partial charge >= 0.3 is 0 Å². The maximum atomic E-state index is 12.1. The van der Waals surface area contributed by atoms with Gasteiger partial charge in [0.25, 0.3) is 5.56 Å². The third-order valence-electron chi connectivity index (χ3n) is 5.32. The van der Waals surface area contributed by atoms with Crippen molar-refractivity contribution in [1.29, 1.82) is 0 Å². The first kappa shape index (κ1) is 18.6. The summed E-state index contributed by atoms with van der Waals surface area (Å²) in [5.74, 6) is 1.11. The highest BCUT2D eigenvalue weighted by Gasteiger charge is 2.22. The van der Waals surface area contributed by atoms with Crippen molar-refractivity contribution in [2.75, 3.05) is 7.05 Å². The Morgan fingerprint density at radius 2 is 1.89 bits per heavy atom. The molecule has 1 aromatic carbocycles. The Kier molecular flexibility index (Phi) is 5.35. The van der Waals surface area contributed by atoms with Crippen molar-refractivity contribution in [2.24, 2.45) is 0 Å². The SMILES string of the molecule is Cc1cccc(CN(C)Cc2cccc(-c3nc(C4CCC4)cc(=O)[nH]3)c2)n1. The van der Waals surface area contributed by atoms with Gasteiger partial charge in [-0.3, -0.25) is 14.7 Å². The monoisotopic (exact) mass is 374 g/mol. The van der Waals surface area contributed by atoms with Crippen molar-refractivity contribution in [1.82, 2.24) is 19.9 Å². The third kappa shape index (κ3) is 4.37. The Morgan fingerprint density at radius 3 is 2.64 bits per heavy atom. The van der Waals surface area contributed by atoms with Crippen molar-refractivity contribution in [3.8, 4) is 11.4 Å². The Morgan fingerprint density at radius 1 is 1.07 bits per heavy atom. The summed E-state index contributed by atoms with van der Waals surface area (Å²) in [5, 5.41) is 0. The van der Waals surface area contributed by atoms with E-state index in [0.717, 1.165) is 48.6 Å². The molecule has 0 bridgehead atoms. The fourth-order valence-corrected chi connectivity index (χ4v) is 3.67. The molecule has 1 N–H and O–H groups in total. The summed E-state index contributed by atoms with van der Waals surface area (Å²) in [7, 11) is 2.09. The van der Waals surface area contributed by atoms with E-state index in [-0.39, 0.29) is 5.56 Å². The minimum Gasteiger partial charge on any atom is -0.307 e. The second-order valence-corrected chi connectivity index (χ2v) is 7.79. The predicted molar refractivity (Wildman–Crippen MR) is 111 cm³/mol. The van der Waals surface area contributed by atoms with Crippen LogP contribution in [0, 0.1) is 6.92 Å². The van der Waals surface area contributed by atoms with Gasteiger partial charge < -0.3 is 4.98 Å². The zero-order chi connectivity index (χ0) is 19.5. The molecule has 1 saturated carbocycles. The number of aromatic nitrogens is 3. The van der Waals surface area contributed by atoms with Gasteiger partial charge in [-0.05, 0) is 50.6 Å². The first-order chi connectivity index (χ1) is 13.6. The number of rotatable bonds is 6. The summed E-state index contributed by atoms with van der Waals surface area (Å²) < 4.78 is 0.